The molecule has 2 rings (SSSR count). The van der Waals surface area contributed by atoms with E-state index in [0.29, 0.717) is 22.9 Å². The average Bonchev–Trinajstić information content (AvgIpc) is 2.48. The van der Waals surface area contributed by atoms with Crippen molar-refractivity contribution >= 4 is 11.8 Å². The van der Waals surface area contributed by atoms with Crippen LogP contribution in [0.25, 0.3) is 0 Å². The minimum Gasteiger partial charge on any atom is -0.456 e. The molecule has 0 atom stereocenters. The second-order valence-electron chi connectivity index (χ2n) is 5.90. The van der Waals surface area contributed by atoms with Crippen molar-refractivity contribution in [2.75, 3.05) is 5.32 Å². The average molecular weight is 316 g/mol. The van der Waals surface area contributed by atoms with Crippen molar-refractivity contribution in [1.29, 1.82) is 0 Å². The van der Waals surface area contributed by atoms with E-state index in [2.05, 4.69) is 10.3 Å². The van der Waals surface area contributed by atoms with Gasteiger partial charge in [0, 0.05) is 5.69 Å². The normalized spacial score (nSPS) is 11.0. The molecule has 0 bridgehead atoms. The van der Waals surface area contributed by atoms with Crippen molar-refractivity contribution in [2.24, 2.45) is 0 Å². The minimum atomic E-state index is -0.541. The van der Waals surface area contributed by atoms with Crippen molar-refractivity contribution in [3.63, 3.8) is 0 Å². The molecule has 122 valence electrons. The number of carbonyl (C=O) groups is 1. The summed E-state index contributed by atoms with van der Waals surface area (Å²) in [6.45, 7) is 5.31. The first kappa shape index (κ1) is 16.8. The molecule has 0 saturated heterocycles. The molecule has 0 spiro atoms. The second-order valence-corrected chi connectivity index (χ2v) is 5.90. The molecule has 6 heteroatoms. The highest BCUT2D eigenvalue weighted by Gasteiger charge is 2.16. The number of ether oxygens (including phenoxy) is 2. The Hall–Kier alpha value is -2.60. The quantitative estimate of drug-likeness (QED) is 0.898. The van der Waals surface area contributed by atoms with Crippen LogP contribution in [0.4, 0.5) is 10.5 Å². The molecule has 0 saturated carbocycles. The summed E-state index contributed by atoms with van der Waals surface area (Å²) in [5, 5.41) is 11.6. The number of amides is 1. The second kappa shape index (κ2) is 7.11. The third-order valence-electron chi connectivity index (χ3n) is 2.69. The lowest BCUT2D eigenvalue weighted by Gasteiger charge is -2.19. The van der Waals surface area contributed by atoms with Crippen molar-refractivity contribution < 1.29 is 19.4 Å². The molecular formula is C17H20N2O4. The standard InChI is InChI=1S/C17H20N2O4/c1-17(2,3)23-16(21)19-12-4-7-14(8-5-12)22-15-9-6-13(11-20)18-10-15/h4-10,20H,11H2,1-3H3,(H,19,21). The Balaban J connectivity index is 1.94. The van der Waals surface area contributed by atoms with Gasteiger partial charge in [0.05, 0.1) is 18.5 Å². The Morgan fingerprint density at radius 1 is 1.13 bits per heavy atom. The Labute approximate surface area is 135 Å². The molecule has 0 unspecified atom stereocenters. The van der Waals surface area contributed by atoms with E-state index in [1.807, 2.05) is 0 Å². The summed E-state index contributed by atoms with van der Waals surface area (Å²) in [6, 6.07) is 10.3. The lowest BCUT2D eigenvalue weighted by molar-refractivity contribution is 0.0636. The van der Waals surface area contributed by atoms with E-state index >= 15 is 0 Å². The first-order chi connectivity index (χ1) is 10.9. The van der Waals surface area contributed by atoms with Crippen LogP contribution in [0.15, 0.2) is 42.6 Å². The fourth-order valence-corrected chi connectivity index (χ4v) is 1.73. The Kier molecular flexibility index (Phi) is 5.18. The molecule has 23 heavy (non-hydrogen) atoms. The number of benzene rings is 1. The summed E-state index contributed by atoms with van der Waals surface area (Å²) < 4.78 is 10.8. The number of carbonyl (C=O) groups excluding carboxylic acids is 1. The van der Waals surface area contributed by atoms with Gasteiger partial charge in [0.25, 0.3) is 0 Å². The largest absolute Gasteiger partial charge is 0.456 e. The van der Waals surface area contributed by atoms with Gasteiger partial charge < -0.3 is 14.6 Å². The van der Waals surface area contributed by atoms with Gasteiger partial charge in [0.1, 0.15) is 17.1 Å². The maximum Gasteiger partial charge on any atom is 0.412 e. The fraction of sp³-hybridized carbons (Fsp3) is 0.294. The highest BCUT2D eigenvalue weighted by molar-refractivity contribution is 5.84. The molecule has 1 aromatic carbocycles. The summed E-state index contributed by atoms with van der Waals surface area (Å²) in [5.74, 6) is 1.17. The molecule has 6 nitrogen and oxygen atoms in total. The molecule has 1 aromatic heterocycles. The van der Waals surface area contributed by atoms with Gasteiger partial charge in [0.2, 0.25) is 0 Å². The van der Waals surface area contributed by atoms with Gasteiger partial charge in [-0.3, -0.25) is 10.3 Å². The van der Waals surface area contributed by atoms with Gasteiger partial charge in [-0.2, -0.15) is 0 Å². The van der Waals surface area contributed by atoms with Crippen molar-refractivity contribution in [3.05, 3.63) is 48.3 Å². The molecule has 0 aliphatic heterocycles. The maximum absolute atomic E-state index is 11.7. The summed E-state index contributed by atoms with van der Waals surface area (Å²) in [4.78, 5) is 15.7. The Morgan fingerprint density at radius 2 is 1.78 bits per heavy atom. The van der Waals surface area contributed by atoms with E-state index in [1.54, 1.807) is 63.4 Å². The number of nitrogens with zero attached hydrogens (tertiary/aromatic N) is 1. The zero-order valence-electron chi connectivity index (χ0n) is 13.4. The smallest absolute Gasteiger partial charge is 0.412 e. The molecule has 1 amide bonds. The van der Waals surface area contributed by atoms with Crippen LogP contribution in [0.2, 0.25) is 0 Å². The summed E-state index contributed by atoms with van der Waals surface area (Å²) in [5.41, 5.74) is 0.649. The van der Waals surface area contributed by atoms with E-state index in [0.717, 1.165) is 0 Å². The number of anilines is 1. The van der Waals surface area contributed by atoms with Crippen LogP contribution >= 0.6 is 0 Å². The molecule has 2 N–H and O–H groups in total. The van der Waals surface area contributed by atoms with Crippen molar-refractivity contribution in [1.82, 2.24) is 4.98 Å². The molecule has 2 aromatic rings. The minimum absolute atomic E-state index is 0.106. The molecule has 0 aliphatic rings. The van der Waals surface area contributed by atoms with Gasteiger partial charge in [-0.25, -0.2) is 4.79 Å². The van der Waals surface area contributed by atoms with Gasteiger partial charge in [-0.15, -0.1) is 0 Å². The van der Waals surface area contributed by atoms with Crippen LogP contribution in [0.3, 0.4) is 0 Å². The van der Waals surface area contributed by atoms with Crippen LogP contribution in [0.1, 0.15) is 26.5 Å². The van der Waals surface area contributed by atoms with E-state index in [9.17, 15) is 4.79 Å². The van der Waals surface area contributed by atoms with Crippen LogP contribution < -0.4 is 10.1 Å². The monoisotopic (exact) mass is 316 g/mol. The number of nitrogens with one attached hydrogen (secondary N) is 1. The highest BCUT2D eigenvalue weighted by atomic mass is 16.6. The SMILES string of the molecule is CC(C)(C)OC(=O)Nc1ccc(Oc2ccc(CO)nc2)cc1. The maximum atomic E-state index is 11.7. The van der Waals surface area contributed by atoms with Crippen molar-refractivity contribution in [2.45, 2.75) is 33.0 Å². The lowest BCUT2D eigenvalue weighted by Crippen LogP contribution is -2.27. The van der Waals surface area contributed by atoms with E-state index in [1.165, 1.54) is 0 Å². The highest BCUT2D eigenvalue weighted by Crippen LogP contribution is 2.23. The summed E-state index contributed by atoms with van der Waals surface area (Å²) in [6.07, 6.45) is 1.04. The van der Waals surface area contributed by atoms with Crippen molar-refractivity contribution in [3.8, 4) is 11.5 Å². The van der Waals surface area contributed by atoms with Gasteiger partial charge in [-0.1, -0.05) is 0 Å². The number of pyridine rings is 1. The number of aliphatic hydroxyl groups excluding tert-OH is 1. The van der Waals surface area contributed by atoms with Gasteiger partial charge >= 0.3 is 6.09 Å². The number of rotatable bonds is 4. The number of hydrogen-bond acceptors (Lipinski definition) is 5. The van der Waals surface area contributed by atoms with Crippen LogP contribution in [0, 0.1) is 0 Å². The number of aromatic nitrogens is 1. The zero-order chi connectivity index (χ0) is 16.9. The predicted octanol–water partition coefficient (Wildman–Crippen LogP) is 3.71. The fourth-order valence-electron chi connectivity index (χ4n) is 1.73. The number of aliphatic hydroxyl groups is 1. The molecule has 1 heterocycles. The predicted molar refractivity (Wildman–Crippen MR) is 86.5 cm³/mol. The Bertz CT molecular complexity index is 646. The molecule has 0 radical (unpaired) electrons. The third kappa shape index (κ3) is 5.60. The van der Waals surface area contributed by atoms with Crippen LogP contribution in [-0.2, 0) is 11.3 Å². The van der Waals surface area contributed by atoms with E-state index in [-0.39, 0.29) is 6.61 Å². The summed E-state index contributed by atoms with van der Waals surface area (Å²) in [7, 11) is 0. The molecular weight excluding hydrogens is 296 g/mol. The number of hydrogen-bond donors (Lipinski definition) is 2. The van der Waals surface area contributed by atoms with Gasteiger partial charge in [0.15, 0.2) is 0 Å². The van der Waals surface area contributed by atoms with Crippen LogP contribution in [0.5, 0.6) is 11.5 Å². The van der Waals surface area contributed by atoms with Gasteiger partial charge in [-0.05, 0) is 57.2 Å². The van der Waals surface area contributed by atoms with E-state index in [4.69, 9.17) is 14.6 Å². The molecule has 0 fully saturated rings. The molecule has 0 aliphatic carbocycles. The first-order valence-electron chi connectivity index (χ1n) is 7.19. The zero-order valence-corrected chi connectivity index (χ0v) is 13.4. The first-order valence-corrected chi connectivity index (χ1v) is 7.19. The lowest BCUT2D eigenvalue weighted by atomic mass is 10.2. The topological polar surface area (TPSA) is 80.7 Å². The summed E-state index contributed by atoms with van der Waals surface area (Å²) >= 11 is 0. The van der Waals surface area contributed by atoms with Crippen LogP contribution in [-0.4, -0.2) is 21.8 Å². The Morgan fingerprint density at radius 3 is 2.30 bits per heavy atom. The third-order valence-corrected chi connectivity index (χ3v) is 2.69. The van der Waals surface area contributed by atoms with E-state index < -0.39 is 11.7 Å².